The van der Waals surface area contributed by atoms with Crippen molar-refractivity contribution >= 4 is 22.4 Å². The summed E-state index contributed by atoms with van der Waals surface area (Å²) in [6.07, 6.45) is 3.57. The first-order valence-electron chi connectivity index (χ1n) is 8.67. The second-order valence-electron chi connectivity index (χ2n) is 6.10. The quantitative estimate of drug-likeness (QED) is 0.542. The Bertz CT molecular complexity index is 1080. The number of carbonyl (C=O) groups is 1. The number of amides is 1. The summed E-state index contributed by atoms with van der Waals surface area (Å²) in [7, 11) is 1.64. The molecule has 0 bridgehead atoms. The molecule has 0 saturated heterocycles. The van der Waals surface area contributed by atoms with Crippen molar-refractivity contribution < 1.29 is 9.53 Å². The molecule has 0 saturated carbocycles. The van der Waals surface area contributed by atoms with Gasteiger partial charge in [0.25, 0.3) is 5.91 Å². The predicted octanol–water partition coefficient (Wildman–Crippen LogP) is 4.57. The van der Waals surface area contributed by atoms with Gasteiger partial charge in [0.15, 0.2) is 5.13 Å². The van der Waals surface area contributed by atoms with Crippen LogP contribution in [-0.2, 0) is 0 Å². The van der Waals surface area contributed by atoms with Gasteiger partial charge < -0.3 is 4.74 Å². The summed E-state index contributed by atoms with van der Waals surface area (Å²) in [5.41, 5.74) is 3.30. The predicted molar refractivity (Wildman–Crippen MR) is 110 cm³/mol. The van der Waals surface area contributed by atoms with E-state index in [-0.39, 0.29) is 5.91 Å². The molecule has 0 radical (unpaired) electrons. The fraction of sp³-hybridized carbons (Fsp3) is 0.0952. The molecule has 4 aromatic rings. The van der Waals surface area contributed by atoms with Crippen molar-refractivity contribution in [1.29, 1.82) is 0 Å². The van der Waals surface area contributed by atoms with Gasteiger partial charge in [-0.05, 0) is 61.5 Å². The molecule has 2 aromatic heterocycles. The molecule has 2 aromatic carbocycles. The number of hydrogen-bond acceptors (Lipinski definition) is 5. The summed E-state index contributed by atoms with van der Waals surface area (Å²) in [6.45, 7) is 1.99. The minimum absolute atomic E-state index is 0.193. The molecule has 0 atom stereocenters. The molecular formula is C21H18N4O2S. The first-order valence-corrected chi connectivity index (χ1v) is 9.49. The second kappa shape index (κ2) is 7.66. The van der Waals surface area contributed by atoms with Gasteiger partial charge in [-0.15, -0.1) is 11.3 Å². The van der Waals surface area contributed by atoms with Crippen LogP contribution in [0.15, 0.2) is 67.0 Å². The topological polar surface area (TPSA) is 69.0 Å². The molecule has 6 nitrogen and oxygen atoms in total. The number of aromatic nitrogens is 3. The number of nitrogens with one attached hydrogen (secondary N) is 1. The molecular weight excluding hydrogens is 372 g/mol. The first kappa shape index (κ1) is 17.9. The van der Waals surface area contributed by atoms with Crippen molar-refractivity contribution in [1.82, 2.24) is 14.8 Å². The number of nitrogens with zero attached hydrogens (tertiary/aromatic N) is 3. The van der Waals surface area contributed by atoms with Crippen LogP contribution in [0.25, 0.3) is 16.9 Å². The van der Waals surface area contributed by atoms with Gasteiger partial charge in [-0.25, -0.2) is 9.67 Å². The van der Waals surface area contributed by atoms with Crippen molar-refractivity contribution in [3.8, 4) is 22.7 Å². The fourth-order valence-corrected chi connectivity index (χ4v) is 3.65. The van der Waals surface area contributed by atoms with Gasteiger partial charge in [-0.2, -0.15) is 5.10 Å². The van der Waals surface area contributed by atoms with E-state index < -0.39 is 0 Å². The Kier molecular flexibility index (Phi) is 4.90. The zero-order valence-corrected chi connectivity index (χ0v) is 16.2. The highest BCUT2D eigenvalue weighted by Crippen LogP contribution is 2.31. The van der Waals surface area contributed by atoms with Crippen molar-refractivity contribution in [3.05, 3.63) is 77.4 Å². The molecule has 0 fully saturated rings. The largest absolute Gasteiger partial charge is 0.497 e. The number of benzene rings is 2. The summed E-state index contributed by atoms with van der Waals surface area (Å²) >= 11 is 1.45. The van der Waals surface area contributed by atoms with Crippen LogP contribution in [0.3, 0.4) is 0 Å². The molecule has 28 heavy (non-hydrogen) atoms. The van der Waals surface area contributed by atoms with E-state index in [9.17, 15) is 4.79 Å². The summed E-state index contributed by atoms with van der Waals surface area (Å²) in [4.78, 5) is 18.2. The Morgan fingerprint density at radius 1 is 1.11 bits per heavy atom. The molecule has 140 valence electrons. The van der Waals surface area contributed by atoms with E-state index in [1.54, 1.807) is 30.1 Å². The molecule has 0 unspecified atom stereocenters. The van der Waals surface area contributed by atoms with Crippen LogP contribution >= 0.6 is 11.3 Å². The van der Waals surface area contributed by atoms with Crippen LogP contribution in [0, 0.1) is 6.92 Å². The van der Waals surface area contributed by atoms with Gasteiger partial charge in [0.05, 0.1) is 18.5 Å². The van der Waals surface area contributed by atoms with Crippen molar-refractivity contribution in [3.63, 3.8) is 0 Å². The molecule has 0 aliphatic carbocycles. The van der Waals surface area contributed by atoms with Crippen LogP contribution < -0.4 is 10.1 Å². The molecule has 2 heterocycles. The third kappa shape index (κ3) is 3.65. The molecule has 4 rings (SSSR count). The van der Waals surface area contributed by atoms with E-state index in [1.807, 2.05) is 55.6 Å². The highest BCUT2D eigenvalue weighted by atomic mass is 32.1. The minimum atomic E-state index is -0.193. The molecule has 1 N–H and O–H groups in total. The smallest absolute Gasteiger partial charge is 0.257 e. The second-order valence-corrected chi connectivity index (χ2v) is 7.31. The normalized spacial score (nSPS) is 10.6. The van der Waals surface area contributed by atoms with Gasteiger partial charge in [0, 0.05) is 28.4 Å². The maximum atomic E-state index is 12.6. The average molecular weight is 390 g/mol. The number of ether oxygens (including phenoxy) is 1. The van der Waals surface area contributed by atoms with E-state index in [4.69, 9.17) is 4.74 Å². The third-order valence-corrected chi connectivity index (χ3v) is 5.17. The molecule has 7 heteroatoms. The number of rotatable bonds is 5. The Morgan fingerprint density at radius 2 is 1.86 bits per heavy atom. The van der Waals surface area contributed by atoms with E-state index in [2.05, 4.69) is 15.4 Å². The number of methoxy groups -OCH3 is 1. The van der Waals surface area contributed by atoms with E-state index in [0.717, 1.165) is 27.6 Å². The summed E-state index contributed by atoms with van der Waals surface area (Å²) in [6, 6.07) is 16.8. The molecule has 1 amide bonds. The summed E-state index contributed by atoms with van der Waals surface area (Å²) < 4.78 is 6.94. The SMILES string of the molecule is COc1ccc(-c2nc(NC(=O)c3ccc(-n4cccn4)cc3)sc2C)cc1. The van der Waals surface area contributed by atoms with Gasteiger partial charge in [-0.1, -0.05) is 0 Å². The maximum Gasteiger partial charge on any atom is 0.257 e. The highest BCUT2D eigenvalue weighted by molar-refractivity contribution is 7.16. The van der Waals surface area contributed by atoms with Crippen molar-refractivity contribution in [2.45, 2.75) is 6.92 Å². The monoisotopic (exact) mass is 390 g/mol. The first-order chi connectivity index (χ1) is 13.6. The van der Waals surface area contributed by atoms with Crippen LogP contribution in [0.4, 0.5) is 5.13 Å². The third-order valence-electron chi connectivity index (χ3n) is 4.28. The Labute approximate surface area is 166 Å². The molecule has 0 aliphatic rings. The average Bonchev–Trinajstić information content (AvgIpc) is 3.38. The molecule has 0 spiro atoms. The minimum Gasteiger partial charge on any atom is -0.497 e. The van der Waals surface area contributed by atoms with E-state index >= 15 is 0 Å². The van der Waals surface area contributed by atoms with E-state index in [0.29, 0.717) is 10.7 Å². The van der Waals surface area contributed by atoms with Crippen LogP contribution in [0.2, 0.25) is 0 Å². The van der Waals surface area contributed by atoms with Crippen LogP contribution in [-0.4, -0.2) is 27.8 Å². The zero-order chi connectivity index (χ0) is 19.5. The van der Waals surface area contributed by atoms with Gasteiger partial charge in [0.1, 0.15) is 5.75 Å². The number of aryl methyl sites for hydroxylation is 1. The van der Waals surface area contributed by atoms with Gasteiger partial charge >= 0.3 is 0 Å². The Hall–Kier alpha value is -3.45. The number of thiazole rings is 1. The lowest BCUT2D eigenvalue weighted by Crippen LogP contribution is -2.11. The van der Waals surface area contributed by atoms with Gasteiger partial charge in [-0.3, -0.25) is 10.1 Å². The summed E-state index contributed by atoms with van der Waals surface area (Å²) in [5, 5.41) is 7.64. The maximum absolute atomic E-state index is 12.6. The lowest BCUT2D eigenvalue weighted by Gasteiger charge is -2.04. The highest BCUT2D eigenvalue weighted by Gasteiger charge is 2.13. The Morgan fingerprint density at radius 3 is 2.50 bits per heavy atom. The Balaban J connectivity index is 1.50. The lowest BCUT2D eigenvalue weighted by atomic mass is 10.1. The number of carbonyl (C=O) groups excluding carboxylic acids is 1. The zero-order valence-electron chi connectivity index (χ0n) is 15.4. The van der Waals surface area contributed by atoms with Crippen LogP contribution in [0.1, 0.15) is 15.2 Å². The number of hydrogen-bond donors (Lipinski definition) is 1. The lowest BCUT2D eigenvalue weighted by molar-refractivity contribution is 0.102. The van der Waals surface area contributed by atoms with E-state index in [1.165, 1.54) is 11.3 Å². The molecule has 0 aliphatic heterocycles. The number of anilines is 1. The van der Waals surface area contributed by atoms with Gasteiger partial charge in [0.2, 0.25) is 0 Å². The fourth-order valence-electron chi connectivity index (χ4n) is 2.82. The van der Waals surface area contributed by atoms with Crippen LogP contribution in [0.5, 0.6) is 5.75 Å². The summed E-state index contributed by atoms with van der Waals surface area (Å²) in [5.74, 6) is 0.603. The van der Waals surface area contributed by atoms with Crippen molar-refractivity contribution in [2.75, 3.05) is 12.4 Å². The standard InChI is InChI=1S/C21H18N4O2S/c1-14-19(15-6-10-18(27-2)11-7-15)23-21(28-14)24-20(26)16-4-8-17(9-5-16)25-13-3-12-22-25/h3-13H,1-2H3,(H,23,24,26). The van der Waals surface area contributed by atoms with Crippen molar-refractivity contribution in [2.24, 2.45) is 0 Å².